The van der Waals surface area contributed by atoms with Crippen molar-refractivity contribution in [1.29, 1.82) is 0 Å². The molecule has 2 aromatic rings. The van der Waals surface area contributed by atoms with Crippen LogP contribution >= 0.6 is 0 Å². The third kappa shape index (κ3) is 5.68. The molecular formula is C24H31N3O4S. The van der Waals surface area contributed by atoms with Crippen molar-refractivity contribution in [1.82, 2.24) is 10.2 Å². The normalized spacial score (nSPS) is 16.4. The second kappa shape index (κ2) is 10.6. The van der Waals surface area contributed by atoms with Gasteiger partial charge in [0, 0.05) is 38.7 Å². The minimum atomic E-state index is -3.72. The lowest BCUT2D eigenvalue weighted by Crippen LogP contribution is -2.43. The van der Waals surface area contributed by atoms with Crippen LogP contribution in [0, 0.1) is 5.92 Å². The van der Waals surface area contributed by atoms with Crippen LogP contribution in [-0.2, 0) is 14.8 Å². The van der Waals surface area contributed by atoms with Crippen molar-refractivity contribution in [3.63, 3.8) is 0 Å². The third-order valence-corrected chi connectivity index (χ3v) is 7.55. The number of hydrogen-bond acceptors (Lipinski definition) is 4. The van der Waals surface area contributed by atoms with Gasteiger partial charge in [-0.1, -0.05) is 25.1 Å². The van der Waals surface area contributed by atoms with Gasteiger partial charge in [0.15, 0.2) is 0 Å². The summed E-state index contributed by atoms with van der Waals surface area (Å²) in [7, 11) is -2.21. The van der Waals surface area contributed by atoms with Crippen LogP contribution in [-0.4, -0.2) is 51.8 Å². The number of para-hydroxylation sites is 1. The summed E-state index contributed by atoms with van der Waals surface area (Å²) >= 11 is 0. The Kier molecular flexibility index (Phi) is 7.90. The van der Waals surface area contributed by atoms with Gasteiger partial charge in [0.2, 0.25) is 5.91 Å². The molecule has 0 saturated carbocycles. The van der Waals surface area contributed by atoms with Crippen LogP contribution in [0.25, 0.3) is 0 Å². The maximum atomic E-state index is 13.0. The number of benzene rings is 2. The van der Waals surface area contributed by atoms with Gasteiger partial charge >= 0.3 is 0 Å². The monoisotopic (exact) mass is 457 g/mol. The second-order valence-electron chi connectivity index (χ2n) is 8.15. The van der Waals surface area contributed by atoms with E-state index in [9.17, 15) is 18.0 Å². The first-order valence-electron chi connectivity index (χ1n) is 11.0. The number of anilines is 1. The van der Waals surface area contributed by atoms with Crippen molar-refractivity contribution < 1.29 is 18.0 Å². The summed E-state index contributed by atoms with van der Waals surface area (Å²) in [4.78, 5) is 26.6. The van der Waals surface area contributed by atoms with Crippen LogP contribution in [0.4, 0.5) is 5.69 Å². The topological polar surface area (TPSA) is 86.8 Å². The molecule has 2 amide bonds. The lowest BCUT2D eigenvalue weighted by molar-refractivity contribution is -0.121. The van der Waals surface area contributed by atoms with Crippen molar-refractivity contribution in [2.24, 2.45) is 5.92 Å². The molecule has 2 aromatic carbocycles. The van der Waals surface area contributed by atoms with E-state index < -0.39 is 10.0 Å². The zero-order valence-electron chi connectivity index (χ0n) is 18.7. The number of rotatable bonds is 8. The number of carbonyl (C=O) groups excluding carboxylic acids is 2. The molecule has 32 heavy (non-hydrogen) atoms. The summed E-state index contributed by atoms with van der Waals surface area (Å²) in [5.41, 5.74) is 1.03. The highest BCUT2D eigenvalue weighted by Crippen LogP contribution is 2.23. The van der Waals surface area contributed by atoms with Crippen molar-refractivity contribution in [3.8, 4) is 0 Å². The molecule has 172 valence electrons. The highest BCUT2D eigenvalue weighted by Gasteiger charge is 2.26. The van der Waals surface area contributed by atoms with Crippen LogP contribution in [0.15, 0.2) is 59.5 Å². The maximum absolute atomic E-state index is 13.0. The predicted molar refractivity (Wildman–Crippen MR) is 125 cm³/mol. The number of sulfonamides is 1. The molecule has 1 aliphatic rings. The minimum absolute atomic E-state index is 0.0493. The number of carbonyl (C=O) groups is 2. The van der Waals surface area contributed by atoms with Gasteiger partial charge in [-0.25, -0.2) is 8.42 Å². The fraction of sp³-hybridized carbons (Fsp3) is 0.417. The first-order valence-corrected chi connectivity index (χ1v) is 12.5. The Morgan fingerprint density at radius 1 is 1.09 bits per heavy atom. The van der Waals surface area contributed by atoms with Gasteiger partial charge in [-0.15, -0.1) is 0 Å². The molecule has 1 atom stereocenters. The molecule has 0 aliphatic carbocycles. The molecule has 0 spiro atoms. The average molecular weight is 458 g/mol. The smallest absolute Gasteiger partial charge is 0.264 e. The third-order valence-electron chi connectivity index (χ3n) is 5.75. The van der Waals surface area contributed by atoms with E-state index in [0.29, 0.717) is 37.3 Å². The zero-order valence-corrected chi connectivity index (χ0v) is 19.5. The van der Waals surface area contributed by atoms with E-state index in [-0.39, 0.29) is 22.6 Å². The Morgan fingerprint density at radius 3 is 2.44 bits per heavy atom. The molecule has 1 N–H and O–H groups in total. The van der Waals surface area contributed by atoms with Crippen molar-refractivity contribution >= 4 is 27.5 Å². The van der Waals surface area contributed by atoms with E-state index in [0.717, 1.165) is 19.3 Å². The van der Waals surface area contributed by atoms with Crippen LogP contribution in [0.1, 0.15) is 43.0 Å². The van der Waals surface area contributed by atoms with E-state index in [2.05, 4.69) is 5.32 Å². The minimum Gasteiger partial charge on any atom is -0.356 e. The van der Waals surface area contributed by atoms with Crippen LogP contribution in [0.5, 0.6) is 0 Å². The predicted octanol–water partition coefficient (Wildman–Crippen LogP) is 3.28. The van der Waals surface area contributed by atoms with Crippen LogP contribution in [0.2, 0.25) is 0 Å². The first-order chi connectivity index (χ1) is 15.3. The van der Waals surface area contributed by atoms with Gasteiger partial charge in [0.1, 0.15) is 0 Å². The van der Waals surface area contributed by atoms with E-state index in [1.54, 1.807) is 41.3 Å². The van der Waals surface area contributed by atoms with Crippen molar-refractivity contribution in [2.45, 2.75) is 37.5 Å². The molecule has 1 heterocycles. The fourth-order valence-electron chi connectivity index (χ4n) is 3.88. The van der Waals surface area contributed by atoms with E-state index in [1.165, 1.54) is 23.5 Å². The number of nitrogens with one attached hydrogen (secondary N) is 1. The Hall–Kier alpha value is -2.87. The Labute approximate surface area is 190 Å². The molecule has 7 nitrogen and oxygen atoms in total. The highest BCUT2D eigenvalue weighted by atomic mass is 32.2. The molecular weight excluding hydrogens is 426 g/mol. The summed E-state index contributed by atoms with van der Waals surface area (Å²) in [6, 6.07) is 15.0. The second-order valence-corrected chi connectivity index (χ2v) is 10.1. The Balaban J connectivity index is 1.65. The number of amides is 2. The number of piperidine rings is 1. The number of nitrogens with zero attached hydrogens (tertiary/aromatic N) is 2. The Bertz CT molecular complexity index is 1020. The summed E-state index contributed by atoms with van der Waals surface area (Å²) in [5.74, 6) is 0.163. The molecule has 3 rings (SSSR count). The van der Waals surface area contributed by atoms with Gasteiger partial charge in [-0.3, -0.25) is 13.9 Å². The maximum Gasteiger partial charge on any atom is 0.264 e. The summed E-state index contributed by atoms with van der Waals surface area (Å²) in [5, 5.41) is 2.95. The molecule has 1 aliphatic heterocycles. The molecule has 0 bridgehead atoms. The van der Waals surface area contributed by atoms with E-state index >= 15 is 0 Å². The number of hydrogen-bond donors (Lipinski definition) is 1. The lowest BCUT2D eigenvalue weighted by atomic mass is 9.97. The summed E-state index contributed by atoms with van der Waals surface area (Å²) in [6.45, 7) is 3.79. The Morgan fingerprint density at radius 2 is 1.78 bits per heavy atom. The molecule has 1 fully saturated rings. The zero-order chi connectivity index (χ0) is 23.1. The lowest BCUT2D eigenvalue weighted by Gasteiger charge is -2.33. The van der Waals surface area contributed by atoms with Gasteiger partial charge < -0.3 is 10.2 Å². The van der Waals surface area contributed by atoms with Crippen molar-refractivity contribution in [3.05, 3.63) is 60.2 Å². The van der Waals surface area contributed by atoms with Crippen LogP contribution in [0.3, 0.4) is 0 Å². The fourth-order valence-corrected chi connectivity index (χ4v) is 5.07. The van der Waals surface area contributed by atoms with Gasteiger partial charge in [-0.2, -0.15) is 0 Å². The van der Waals surface area contributed by atoms with E-state index in [1.807, 2.05) is 13.0 Å². The molecule has 8 heteroatoms. The average Bonchev–Trinajstić information content (AvgIpc) is 2.83. The van der Waals surface area contributed by atoms with Gasteiger partial charge in [-0.05, 0) is 61.6 Å². The first kappa shape index (κ1) is 23.8. The molecule has 0 aromatic heterocycles. The van der Waals surface area contributed by atoms with Crippen LogP contribution < -0.4 is 9.62 Å². The molecule has 1 unspecified atom stereocenters. The number of likely N-dealkylation sites (tertiary alicyclic amines) is 1. The van der Waals surface area contributed by atoms with E-state index in [4.69, 9.17) is 0 Å². The SMILES string of the molecule is CCCC(=O)NCC1CCCN(C(=O)c2ccc(S(=O)(=O)N(C)c3ccccc3)cc2)C1. The summed E-state index contributed by atoms with van der Waals surface area (Å²) < 4.78 is 27.1. The quantitative estimate of drug-likeness (QED) is 0.659. The van der Waals surface area contributed by atoms with Crippen molar-refractivity contribution in [2.75, 3.05) is 31.0 Å². The molecule has 0 radical (unpaired) electrons. The standard InChI is InChI=1S/C24H31N3O4S/c1-3-8-23(28)25-17-19-9-7-16-27(18-19)24(29)20-12-14-22(15-13-20)32(30,31)26(2)21-10-5-4-6-11-21/h4-6,10-15,19H,3,7-9,16-18H2,1-2H3,(H,25,28). The highest BCUT2D eigenvalue weighted by molar-refractivity contribution is 7.92. The largest absolute Gasteiger partial charge is 0.356 e. The molecule has 1 saturated heterocycles. The summed E-state index contributed by atoms with van der Waals surface area (Å²) in [6.07, 6.45) is 3.19. The van der Waals surface area contributed by atoms with Gasteiger partial charge in [0.25, 0.3) is 15.9 Å². The van der Waals surface area contributed by atoms with Gasteiger partial charge in [0.05, 0.1) is 10.6 Å².